The second kappa shape index (κ2) is 4.97. The SMILES string of the molecule is COC(=O)c1cscc1-c1ccc(I)cc1. The molecule has 0 saturated carbocycles. The van der Waals surface area contributed by atoms with Crippen LogP contribution in [0.15, 0.2) is 35.0 Å². The lowest BCUT2D eigenvalue weighted by molar-refractivity contribution is 0.0602. The average Bonchev–Trinajstić information content (AvgIpc) is 2.78. The first-order valence-electron chi connectivity index (χ1n) is 4.63. The molecule has 1 heterocycles. The van der Waals surface area contributed by atoms with E-state index in [4.69, 9.17) is 4.74 Å². The van der Waals surface area contributed by atoms with Gasteiger partial charge in [0.05, 0.1) is 12.7 Å². The minimum absolute atomic E-state index is 0.283. The molecule has 2 aromatic rings. The molecule has 0 spiro atoms. The van der Waals surface area contributed by atoms with Crippen molar-refractivity contribution in [2.75, 3.05) is 7.11 Å². The van der Waals surface area contributed by atoms with E-state index in [2.05, 4.69) is 22.6 Å². The molecule has 0 bridgehead atoms. The number of rotatable bonds is 2. The van der Waals surface area contributed by atoms with Crippen LogP contribution in [0.3, 0.4) is 0 Å². The molecule has 1 aromatic heterocycles. The maximum atomic E-state index is 11.5. The maximum absolute atomic E-state index is 11.5. The summed E-state index contributed by atoms with van der Waals surface area (Å²) in [4.78, 5) is 11.5. The lowest BCUT2D eigenvalue weighted by Gasteiger charge is -2.02. The van der Waals surface area contributed by atoms with Crippen LogP contribution in [0.4, 0.5) is 0 Å². The van der Waals surface area contributed by atoms with Gasteiger partial charge in [0.25, 0.3) is 0 Å². The van der Waals surface area contributed by atoms with Gasteiger partial charge in [-0.2, -0.15) is 11.3 Å². The van der Waals surface area contributed by atoms with Crippen LogP contribution in [0.2, 0.25) is 0 Å². The zero-order chi connectivity index (χ0) is 11.5. The Morgan fingerprint density at radius 3 is 2.56 bits per heavy atom. The predicted molar refractivity (Wildman–Crippen MR) is 73.8 cm³/mol. The molecular formula is C12H9IO2S. The van der Waals surface area contributed by atoms with Crippen molar-refractivity contribution in [2.24, 2.45) is 0 Å². The molecule has 0 amide bonds. The van der Waals surface area contributed by atoms with E-state index in [0.29, 0.717) is 5.56 Å². The molecule has 0 radical (unpaired) electrons. The highest BCUT2D eigenvalue weighted by Crippen LogP contribution is 2.28. The van der Waals surface area contributed by atoms with Crippen molar-refractivity contribution in [3.63, 3.8) is 0 Å². The summed E-state index contributed by atoms with van der Waals surface area (Å²) < 4.78 is 5.92. The van der Waals surface area contributed by atoms with Crippen LogP contribution in [-0.4, -0.2) is 13.1 Å². The van der Waals surface area contributed by atoms with Crippen LogP contribution in [0, 0.1) is 3.57 Å². The van der Waals surface area contributed by atoms with Crippen LogP contribution in [-0.2, 0) is 4.74 Å². The first kappa shape index (κ1) is 11.6. The van der Waals surface area contributed by atoms with E-state index in [1.54, 1.807) is 0 Å². The van der Waals surface area contributed by atoms with E-state index in [0.717, 1.165) is 11.1 Å². The Kier molecular flexibility index (Phi) is 3.60. The summed E-state index contributed by atoms with van der Waals surface area (Å²) in [5, 5.41) is 3.79. The van der Waals surface area contributed by atoms with E-state index in [-0.39, 0.29) is 5.97 Å². The minimum atomic E-state index is -0.283. The fourth-order valence-corrected chi connectivity index (χ4v) is 2.60. The zero-order valence-electron chi connectivity index (χ0n) is 8.57. The van der Waals surface area contributed by atoms with Crippen LogP contribution in [0.25, 0.3) is 11.1 Å². The number of hydrogen-bond donors (Lipinski definition) is 0. The summed E-state index contributed by atoms with van der Waals surface area (Å²) in [5.74, 6) is -0.283. The molecule has 16 heavy (non-hydrogen) atoms. The highest BCUT2D eigenvalue weighted by molar-refractivity contribution is 14.1. The number of ether oxygens (including phenoxy) is 1. The number of esters is 1. The van der Waals surface area contributed by atoms with Gasteiger partial charge in [-0.1, -0.05) is 12.1 Å². The lowest BCUT2D eigenvalue weighted by Crippen LogP contribution is -2.00. The normalized spacial score (nSPS) is 10.1. The van der Waals surface area contributed by atoms with E-state index in [1.807, 2.05) is 35.0 Å². The van der Waals surface area contributed by atoms with Gasteiger partial charge in [-0.25, -0.2) is 4.79 Å². The first-order valence-corrected chi connectivity index (χ1v) is 6.65. The molecule has 0 aliphatic rings. The predicted octanol–water partition coefficient (Wildman–Crippen LogP) is 3.81. The van der Waals surface area contributed by atoms with Crippen molar-refractivity contribution in [3.05, 3.63) is 44.2 Å². The van der Waals surface area contributed by atoms with Crippen molar-refractivity contribution >= 4 is 39.9 Å². The number of carbonyl (C=O) groups excluding carboxylic acids is 1. The van der Waals surface area contributed by atoms with Gasteiger partial charge < -0.3 is 4.74 Å². The summed E-state index contributed by atoms with van der Waals surface area (Å²) >= 11 is 3.76. The standard InChI is InChI=1S/C12H9IO2S/c1-15-12(14)11-7-16-6-10(11)8-2-4-9(13)5-3-8/h2-7H,1H3. The molecule has 0 atom stereocenters. The third-order valence-electron chi connectivity index (χ3n) is 2.22. The molecule has 0 saturated heterocycles. The van der Waals surface area contributed by atoms with Crippen molar-refractivity contribution in [2.45, 2.75) is 0 Å². The third-order valence-corrected chi connectivity index (χ3v) is 3.69. The Hall–Kier alpha value is -0.880. The second-order valence-electron chi connectivity index (χ2n) is 3.20. The van der Waals surface area contributed by atoms with E-state index in [1.165, 1.54) is 22.0 Å². The molecule has 0 aliphatic carbocycles. The summed E-state index contributed by atoms with van der Waals surface area (Å²) in [7, 11) is 1.40. The Bertz CT molecular complexity index is 502. The third kappa shape index (κ3) is 2.27. The van der Waals surface area contributed by atoms with Crippen molar-refractivity contribution in [1.82, 2.24) is 0 Å². The van der Waals surface area contributed by atoms with Crippen LogP contribution in [0.5, 0.6) is 0 Å². The largest absolute Gasteiger partial charge is 0.465 e. The molecule has 0 N–H and O–H groups in total. The zero-order valence-corrected chi connectivity index (χ0v) is 11.5. The Morgan fingerprint density at radius 2 is 1.94 bits per heavy atom. The summed E-state index contributed by atoms with van der Waals surface area (Å²) in [5.41, 5.74) is 2.61. The quantitative estimate of drug-likeness (QED) is 0.612. The Labute approximate surface area is 111 Å². The van der Waals surface area contributed by atoms with Gasteiger partial charge in [0.15, 0.2) is 0 Å². The smallest absolute Gasteiger partial charge is 0.339 e. The van der Waals surface area contributed by atoms with Gasteiger partial charge in [0.1, 0.15) is 0 Å². The van der Waals surface area contributed by atoms with Gasteiger partial charge in [-0.05, 0) is 45.7 Å². The molecule has 0 fully saturated rings. The summed E-state index contributed by atoms with van der Waals surface area (Å²) in [6.45, 7) is 0. The maximum Gasteiger partial charge on any atom is 0.339 e. The highest BCUT2D eigenvalue weighted by Gasteiger charge is 2.13. The molecule has 1 aromatic carbocycles. The van der Waals surface area contributed by atoms with Gasteiger partial charge >= 0.3 is 5.97 Å². The van der Waals surface area contributed by atoms with Crippen LogP contribution < -0.4 is 0 Å². The Balaban J connectivity index is 2.44. The van der Waals surface area contributed by atoms with Crippen molar-refractivity contribution in [3.8, 4) is 11.1 Å². The van der Waals surface area contributed by atoms with Gasteiger partial charge in [0, 0.05) is 14.5 Å². The van der Waals surface area contributed by atoms with Crippen molar-refractivity contribution < 1.29 is 9.53 Å². The minimum Gasteiger partial charge on any atom is -0.465 e. The molecule has 82 valence electrons. The number of methoxy groups -OCH3 is 1. The molecular weight excluding hydrogens is 335 g/mol. The summed E-state index contributed by atoms with van der Waals surface area (Å²) in [6.07, 6.45) is 0. The second-order valence-corrected chi connectivity index (χ2v) is 5.19. The number of thiophene rings is 1. The lowest BCUT2D eigenvalue weighted by atomic mass is 10.1. The highest BCUT2D eigenvalue weighted by atomic mass is 127. The van der Waals surface area contributed by atoms with Crippen LogP contribution in [0.1, 0.15) is 10.4 Å². The van der Waals surface area contributed by atoms with E-state index < -0.39 is 0 Å². The van der Waals surface area contributed by atoms with Crippen molar-refractivity contribution in [1.29, 1.82) is 0 Å². The number of benzene rings is 1. The molecule has 2 nitrogen and oxygen atoms in total. The van der Waals surface area contributed by atoms with Gasteiger partial charge in [-0.3, -0.25) is 0 Å². The average molecular weight is 344 g/mol. The number of carbonyl (C=O) groups is 1. The fraction of sp³-hybridized carbons (Fsp3) is 0.0833. The number of halogens is 1. The molecule has 4 heteroatoms. The van der Waals surface area contributed by atoms with Gasteiger partial charge in [0.2, 0.25) is 0 Å². The Morgan fingerprint density at radius 1 is 1.25 bits per heavy atom. The summed E-state index contributed by atoms with van der Waals surface area (Å²) in [6, 6.07) is 8.07. The number of hydrogen-bond acceptors (Lipinski definition) is 3. The topological polar surface area (TPSA) is 26.3 Å². The fourth-order valence-electron chi connectivity index (χ4n) is 1.42. The van der Waals surface area contributed by atoms with Gasteiger partial charge in [-0.15, -0.1) is 0 Å². The monoisotopic (exact) mass is 344 g/mol. The van der Waals surface area contributed by atoms with E-state index >= 15 is 0 Å². The van der Waals surface area contributed by atoms with Crippen LogP contribution >= 0.6 is 33.9 Å². The first-order chi connectivity index (χ1) is 7.72. The molecule has 0 unspecified atom stereocenters. The molecule has 2 rings (SSSR count). The van der Waals surface area contributed by atoms with E-state index in [9.17, 15) is 4.79 Å². The molecule has 0 aliphatic heterocycles.